The molecule has 1 aliphatic rings. The summed E-state index contributed by atoms with van der Waals surface area (Å²) in [5.41, 5.74) is 11.2. The van der Waals surface area contributed by atoms with Crippen LogP contribution in [-0.4, -0.2) is 32.8 Å². The van der Waals surface area contributed by atoms with Crippen molar-refractivity contribution in [3.8, 4) is 11.4 Å². The molecule has 0 atom stereocenters. The highest BCUT2D eigenvalue weighted by Gasteiger charge is 2.25. The number of anilines is 1. The zero-order valence-electron chi connectivity index (χ0n) is 17.9. The van der Waals surface area contributed by atoms with Gasteiger partial charge in [0.25, 0.3) is 5.91 Å². The molecule has 2 aromatic heterocycles. The molecule has 0 radical (unpaired) electrons. The maximum absolute atomic E-state index is 13.6. The summed E-state index contributed by atoms with van der Waals surface area (Å²) in [5.74, 6) is 0.555. The molecule has 5 rings (SSSR count). The van der Waals surface area contributed by atoms with Crippen molar-refractivity contribution in [3.63, 3.8) is 0 Å². The number of amides is 1. The number of primary amides is 1. The third-order valence-electron chi connectivity index (χ3n) is 5.80. The summed E-state index contributed by atoms with van der Waals surface area (Å²) in [6.45, 7) is 3.83. The second-order valence-electron chi connectivity index (χ2n) is 8.19. The topological polar surface area (TPSA) is 99.9 Å². The Morgan fingerprint density at radius 3 is 2.81 bits per heavy atom. The van der Waals surface area contributed by atoms with Gasteiger partial charge >= 0.3 is 0 Å². The average molecular weight is 430 g/mol. The second-order valence-corrected chi connectivity index (χ2v) is 8.19. The Morgan fingerprint density at radius 1 is 1.22 bits per heavy atom. The number of nitrogens with two attached hydrogens (primary N) is 1. The number of hydrogen-bond acceptors (Lipinski definition) is 5. The highest BCUT2D eigenvalue weighted by Crippen LogP contribution is 2.35. The summed E-state index contributed by atoms with van der Waals surface area (Å²) in [4.78, 5) is 27.1. The van der Waals surface area contributed by atoms with Crippen molar-refractivity contribution >= 4 is 22.6 Å². The third kappa shape index (κ3) is 3.48. The van der Waals surface area contributed by atoms with Gasteiger partial charge in [0.15, 0.2) is 5.82 Å². The molecular weight excluding hydrogens is 407 g/mol. The number of rotatable bonds is 5. The lowest BCUT2D eigenvalue weighted by Crippen LogP contribution is -2.11. The van der Waals surface area contributed by atoms with E-state index < -0.39 is 5.91 Å². The molecule has 4 aromatic rings. The number of para-hydroxylation sites is 1. The predicted octanol–water partition coefficient (Wildman–Crippen LogP) is 3.73. The zero-order chi connectivity index (χ0) is 22.4. The Bertz CT molecular complexity index is 1360. The van der Waals surface area contributed by atoms with Crippen LogP contribution < -0.4 is 11.1 Å². The van der Waals surface area contributed by atoms with Crippen LogP contribution in [0.3, 0.4) is 0 Å². The summed E-state index contributed by atoms with van der Waals surface area (Å²) < 4.78 is 13.6. The van der Waals surface area contributed by atoms with E-state index in [1.165, 1.54) is 12.1 Å². The normalized spacial score (nSPS) is 13.5. The van der Waals surface area contributed by atoms with E-state index >= 15 is 0 Å². The smallest absolute Gasteiger partial charge is 0.250 e. The second kappa shape index (κ2) is 7.72. The lowest BCUT2D eigenvalue weighted by molar-refractivity contribution is 0.100. The summed E-state index contributed by atoms with van der Waals surface area (Å²) in [6.07, 6.45) is 0. The van der Waals surface area contributed by atoms with E-state index in [1.54, 1.807) is 12.1 Å². The number of nitrogens with zero attached hydrogens (tertiary/aromatic N) is 3. The Kier molecular flexibility index (Phi) is 4.86. The van der Waals surface area contributed by atoms with Gasteiger partial charge in [0.05, 0.1) is 16.8 Å². The van der Waals surface area contributed by atoms with Gasteiger partial charge in [0.2, 0.25) is 0 Å². The van der Waals surface area contributed by atoms with Crippen molar-refractivity contribution in [2.75, 3.05) is 12.4 Å². The molecule has 0 bridgehead atoms. The molecule has 7 nitrogen and oxygen atoms in total. The van der Waals surface area contributed by atoms with E-state index in [2.05, 4.69) is 15.2 Å². The Hall–Kier alpha value is -3.78. The monoisotopic (exact) mass is 430 g/mol. The van der Waals surface area contributed by atoms with E-state index in [1.807, 2.05) is 32.2 Å². The number of halogens is 1. The molecule has 4 N–H and O–H groups in total. The van der Waals surface area contributed by atoms with Crippen LogP contribution in [0.4, 0.5) is 10.2 Å². The Balaban J connectivity index is 1.61. The van der Waals surface area contributed by atoms with Gasteiger partial charge in [-0.25, -0.2) is 14.4 Å². The quantitative estimate of drug-likeness (QED) is 0.448. The van der Waals surface area contributed by atoms with E-state index in [0.717, 1.165) is 45.8 Å². The largest absolute Gasteiger partial charge is 0.366 e. The number of H-pyrrole nitrogens is 1. The Morgan fingerprint density at radius 2 is 2.03 bits per heavy atom. The van der Waals surface area contributed by atoms with Crippen molar-refractivity contribution in [3.05, 3.63) is 76.4 Å². The van der Waals surface area contributed by atoms with Crippen LogP contribution in [0, 0.1) is 12.7 Å². The molecule has 0 aliphatic carbocycles. The highest BCUT2D eigenvalue weighted by molar-refractivity contribution is 6.09. The average Bonchev–Trinajstić information content (AvgIpc) is 3.29. The summed E-state index contributed by atoms with van der Waals surface area (Å²) in [5, 5.41) is 4.23. The number of nitrogens with one attached hydrogen (secondary N) is 2. The summed E-state index contributed by atoms with van der Waals surface area (Å²) in [6, 6.07) is 12.0. The zero-order valence-corrected chi connectivity index (χ0v) is 17.9. The lowest BCUT2D eigenvalue weighted by atomic mass is 10.1. The SMILES string of the molecule is Cc1[nH]c2c(C(N)=O)cccc2c1-c1nc2c(c(NCc3cccc(F)c3)n1)CN(C)C2. The molecule has 3 heterocycles. The molecule has 0 saturated carbocycles. The summed E-state index contributed by atoms with van der Waals surface area (Å²) in [7, 11) is 2.04. The molecular formula is C24H23FN6O. The first-order chi connectivity index (χ1) is 15.4. The van der Waals surface area contributed by atoms with Gasteiger partial charge in [0.1, 0.15) is 11.6 Å². The molecule has 162 valence electrons. The van der Waals surface area contributed by atoms with E-state index in [9.17, 15) is 9.18 Å². The minimum atomic E-state index is -0.489. The van der Waals surface area contributed by atoms with Gasteiger partial charge in [-0.15, -0.1) is 0 Å². The van der Waals surface area contributed by atoms with Crippen molar-refractivity contribution < 1.29 is 9.18 Å². The lowest BCUT2D eigenvalue weighted by Gasteiger charge is -2.12. The van der Waals surface area contributed by atoms with Crippen molar-refractivity contribution in [1.82, 2.24) is 19.9 Å². The fourth-order valence-corrected chi connectivity index (χ4v) is 4.34. The van der Waals surface area contributed by atoms with Crippen LogP contribution in [-0.2, 0) is 19.6 Å². The predicted molar refractivity (Wildman–Crippen MR) is 121 cm³/mol. The van der Waals surface area contributed by atoms with Gasteiger partial charge in [-0.3, -0.25) is 9.69 Å². The van der Waals surface area contributed by atoms with Gasteiger partial charge in [-0.05, 0) is 37.7 Å². The molecule has 32 heavy (non-hydrogen) atoms. The minimum Gasteiger partial charge on any atom is -0.366 e. The molecule has 1 aliphatic heterocycles. The number of carbonyl (C=O) groups is 1. The molecule has 0 unspecified atom stereocenters. The van der Waals surface area contributed by atoms with Crippen molar-refractivity contribution in [1.29, 1.82) is 0 Å². The van der Waals surface area contributed by atoms with Crippen LogP contribution in [0.5, 0.6) is 0 Å². The number of carbonyl (C=O) groups excluding carboxylic acids is 1. The molecule has 0 saturated heterocycles. The van der Waals surface area contributed by atoms with Crippen LogP contribution in [0.25, 0.3) is 22.3 Å². The van der Waals surface area contributed by atoms with Gasteiger partial charge in [0, 0.05) is 41.8 Å². The number of hydrogen-bond donors (Lipinski definition) is 3. The first-order valence-corrected chi connectivity index (χ1v) is 10.4. The van der Waals surface area contributed by atoms with Crippen LogP contribution in [0.1, 0.15) is 32.9 Å². The minimum absolute atomic E-state index is 0.266. The van der Waals surface area contributed by atoms with E-state index in [-0.39, 0.29) is 5.82 Å². The van der Waals surface area contributed by atoms with Crippen molar-refractivity contribution in [2.24, 2.45) is 5.73 Å². The van der Waals surface area contributed by atoms with Crippen molar-refractivity contribution in [2.45, 2.75) is 26.6 Å². The molecule has 8 heteroatoms. The maximum Gasteiger partial charge on any atom is 0.250 e. The Labute approximate surface area is 184 Å². The van der Waals surface area contributed by atoms with Gasteiger partial charge in [-0.2, -0.15) is 0 Å². The number of aryl methyl sites for hydroxylation is 1. The molecule has 1 amide bonds. The molecule has 0 spiro atoms. The third-order valence-corrected chi connectivity index (χ3v) is 5.80. The van der Waals surface area contributed by atoms with Gasteiger partial charge in [-0.1, -0.05) is 24.3 Å². The van der Waals surface area contributed by atoms with Crippen LogP contribution in [0.15, 0.2) is 42.5 Å². The first kappa shape index (κ1) is 20.1. The van der Waals surface area contributed by atoms with Crippen LogP contribution >= 0.6 is 0 Å². The number of aromatic nitrogens is 3. The fourth-order valence-electron chi connectivity index (χ4n) is 4.34. The van der Waals surface area contributed by atoms with E-state index in [0.29, 0.717) is 30.0 Å². The number of aromatic amines is 1. The first-order valence-electron chi connectivity index (χ1n) is 10.4. The molecule has 2 aromatic carbocycles. The number of fused-ring (bicyclic) bond motifs is 2. The summed E-state index contributed by atoms with van der Waals surface area (Å²) >= 11 is 0. The molecule has 0 fully saturated rings. The van der Waals surface area contributed by atoms with E-state index in [4.69, 9.17) is 15.7 Å². The number of benzene rings is 2. The van der Waals surface area contributed by atoms with Crippen LogP contribution in [0.2, 0.25) is 0 Å². The fraction of sp³-hybridized carbons (Fsp3) is 0.208. The standard InChI is InChI=1S/C24H23FN6O/c1-13-20(16-7-4-8-17(22(26)32)21(16)28-13)24-29-19-12-31(2)11-18(19)23(30-24)27-10-14-5-3-6-15(25)9-14/h3-9,28H,10-12H2,1-2H3,(H2,26,32)(H,27,29,30). The van der Waals surface area contributed by atoms with Gasteiger partial charge < -0.3 is 16.0 Å². The highest BCUT2D eigenvalue weighted by atomic mass is 19.1. The maximum atomic E-state index is 13.6.